The zero-order valence-electron chi connectivity index (χ0n) is 15.1. The van der Waals surface area contributed by atoms with Crippen LogP contribution in [0.4, 0.5) is 0 Å². The fourth-order valence-corrected chi connectivity index (χ4v) is 5.98. The molecule has 2 aliphatic rings. The molecular formula is C18H34O2Si. The molecule has 0 unspecified atom stereocenters. The first-order valence-corrected chi connectivity index (χ1v) is 11.6. The number of ketones is 1. The van der Waals surface area contributed by atoms with Gasteiger partial charge in [-0.1, -0.05) is 27.7 Å². The van der Waals surface area contributed by atoms with Gasteiger partial charge in [-0.2, -0.15) is 0 Å². The second-order valence-electron chi connectivity index (χ2n) is 9.18. The number of Topliss-reactive ketones (excluding diaryl/α,β-unsaturated/α-hetero) is 1. The van der Waals surface area contributed by atoms with Gasteiger partial charge in [0.1, 0.15) is 5.78 Å². The van der Waals surface area contributed by atoms with Crippen LogP contribution in [-0.2, 0) is 9.22 Å². The quantitative estimate of drug-likeness (QED) is 0.657. The Balaban J connectivity index is 2.30. The van der Waals surface area contributed by atoms with Gasteiger partial charge in [0.25, 0.3) is 0 Å². The van der Waals surface area contributed by atoms with Gasteiger partial charge in [0.15, 0.2) is 8.32 Å². The lowest BCUT2D eigenvalue weighted by Crippen LogP contribution is -2.52. The minimum atomic E-state index is -1.80. The molecule has 21 heavy (non-hydrogen) atoms. The van der Waals surface area contributed by atoms with Crippen LogP contribution in [0.5, 0.6) is 0 Å². The van der Waals surface area contributed by atoms with Gasteiger partial charge < -0.3 is 4.43 Å². The van der Waals surface area contributed by atoms with E-state index in [9.17, 15) is 4.79 Å². The fraction of sp³-hybridized carbons (Fsp3) is 0.944. The predicted octanol–water partition coefficient (Wildman–Crippen LogP) is 5.18. The normalized spacial score (nSPS) is 38.2. The minimum Gasteiger partial charge on any atom is -0.411 e. The average Bonchev–Trinajstić information content (AvgIpc) is 2.64. The van der Waals surface area contributed by atoms with E-state index in [0.29, 0.717) is 17.6 Å². The summed E-state index contributed by atoms with van der Waals surface area (Å²) in [6.45, 7) is 16.2. The second-order valence-corrected chi connectivity index (χ2v) is 13.9. The SMILES string of the molecule is C[C@H]1CC[C@@H]2[C@H]1C(=O)CCC[C@]2(C)O[Si](C)(C)C(C)(C)C. The maximum Gasteiger partial charge on any atom is 0.192 e. The Morgan fingerprint density at radius 2 is 1.86 bits per heavy atom. The lowest BCUT2D eigenvalue weighted by Gasteiger charge is -2.47. The molecule has 0 aromatic rings. The van der Waals surface area contributed by atoms with Crippen LogP contribution in [0.1, 0.15) is 66.7 Å². The fourth-order valence-electron chi connectivity index (χ4n) is 4.25. The maximum absolute atomic E-state index is 12.5. The van der Waals surface area contributed by atoms with Crippen LogP contribution in [0.2, 0.25) is 18.1 Å². The van der Waals surface area contributed by atoms with Crippen molar-refractivity contribution in [3.05, 3.63) is 0 Å². The van der Waals surface area contributed by atoms with Gasteiger partial charge in [0.05, 0.1) is 5.60 Å². The molecule has 0 aromatic carbocycles. The maximum atomic E-state index is 12.5. The van der Waals surface area contributed by atoms with Crippen LogP contribution in [0, 0.1) is 17.8 Å². The van der Waals surface area contributed by atoms with Gasteiger partial charge in [0, 0.05) is 12.3 Å². The summed E-state index contributed by atoms with van der Waals surface area (Å²) in [5.74, 6) is 1.74. The van der Waals surface area contributed by atoms with Gasteiger partial charge in [-0.05, 0) is 62.6 Å². The Morgan fingerprint density at radius 1 is 1.24 bits per heavy atom. The third-order valence-electron chi connectivity index (χ3n) is 6.53. The van der Waals surface area contributed by atoms with Crippen molar-refractivity contribution in [1.82, 2.24) is 0 Å². The highest BCUT2D eigenvalue weighted by Crippen LogP contribution is 2.51. The van der Waals surface area contributed by atoms with E-state index in [1.54, 1.807) is 0 Å². The first kappa shape index (κ1) is 17.2. The first-order valence-electron chi connectivity index (χ1n) is 8.71. The first-order chi connectivity index (χ1) is 9.48. The molecule has 122 valence electrons. The van der Waals surface area contributed by atoms with Crippen molar-refractivity contribution in [3.8, 4) is 0 Å². The Hall–Kier alpha value is -0.153. The summed E-state index contributed by atoms with van der Waals surface area (Å²) >= 11 is 0. The van der Waals surface area contributed by atoms with Gasteiger partial charge in [-0.15, -0.1) is 0 Å². The van der Waals surface area contributed by atoms with Crippen molar-refractivity contribution in [2.45, 2.75) is 90.5 Å². The third kappa shape index (κ3) is 3.14. The molecule has 0 spiro atoms. The summed E-state index contributed by atoms with van der Waals surface area (Å²) in [5, 5.41) is 0.228. The van der Waals surface area contributed by atoms with Crippen molar-refractivity contribution in [3.63, 3.8) is 0 Å². The van der Waals surface area contributed by atoms with Gasteiger partial charge in [-0.3, -0.25) is 4.79 Å². The van der Waals surface area contributed by atoms with Crippen molar-refractivity contribution >= 4 is 14.1 Å². The Labute approximate surface area is 132 Å². The van der Waals surface area contributed by atoms with Crippen molar-refractivity contribution in [2.24, 2.45) is 17.8 Å². The second kappa shape index (κ2) is 5.49. The number of hydrogen-bond donors (Lipinski definition) is 0. The number of fused-ring (bicyclic) bond motifs is 1. The lowest BCUT2D eigenvalue weighted by atomic mass is 9.78. The molecule has 2 rings (SSSR count). The van der Waals surface area contributed by atoms with E-state index in [0.717, 1.165) is 19.3 Å². The molecule has 2 fully saturated rings. The molecule has 0 amide bonds. The highest BCUT2D eigenvalue weighted by atomic mass is 28.4. The molecule has 0 bridgehead atoms. The zero-order chi connectivity index (χ0) is 16.1. The van der Waals surface area contributed by atoms with Crippen molar-refractivity contribution in [2.75, 3.05) is 0 Å². The Morgan fingerprint density at radius 3 is 2.43 bits per heavy atom. The molecule has 0 heterocycles. The van der Waals surface area contributed by atoms with Crippen LogP contribution >= 0.6 is 0 Å². The molecule has 0 saturated heterocycles. The molecule has 0 aliphatic heterocycles. The molecule has 4 atom stereocenters. The Bertz CT molecular complexity index is 410. The van der Waals surface area contributed by atoms with E-state index in [4.69, 9.17) is 4.43 Å². The average molecular weight is 311 g/mol. The standard InChI is InChI=1S/C18H34O2Si/c1-13-10-11-14-16(13)15(19)9-8-12-18(14,5)20-21(6,7)17(2,3)4/h13-14,16H,8-12H2,1-7H3/t13-,14+,16-,18-/m0/s1. The zero-order valence-corrected chi connectivity index (χ0v) is 16.1. The van der Waals surface area contributed by atoms with Crippen LogP contribution in [0.15, 0.2) is 0 Å². The molecule has 0 radical (unpaired) electrons. The highest BCUT2D eigenvalue weighted by Gasteiger charge is 2.53. The Kier molecular flexibility index (Phi) is 4.49. The van der Waals surface area contributed by atoms with Crippen LogP contribution in [0.25, 0.3) is 0 Å². The van der Waals surface area contributed by atoms with E-state index in [1.165, 1.54) is 12.8 Å². The predicted molar refractivity (Wildman–Crippen MR) is 90.9 cm³/mol. The highest BCUT2D eigenvalue weighted by molar-refractivity contribution is 6.74. The van der Waals surface area contributed by atoms with Crippen molar-refractivity contribution in [1.29, 1.82) is 0 Å². The van der Waals surface area contributed by atoms with E-state index >= 15 is 0 Å². The molecule has 0 aromatic heterocycles. The summed E-state index contributed by atoms with van der Waals surface area (Å²) in [6, 6.07) is 0. The topological polar surface area (TPSA) is 26.3 Å². The summed E-state index contributed by atoms with van der Waals surface area (Å²) in [4.78, 5) is 12.5. The third-order valence-corrected chi connectivity index (χ3v) is 11.1. The van der Waals surface area contributed by atoms with Crippen molar-refractivity contribution < 1.29 is 9.22 Å². The molecule has 0 N–H and O–H groups in total. The van der Waals surface area contributed by atoms with E-state index < -0.39 is 8.32 Å². The van der Waals surface area contributed by atoms with Gasteiger partial charge in [-0.25, -0.2) is 0 Å². The smallest absolute Gasteiger partial charge is 0.192 e. The largest absolute Gasteiger partial charge is 0.411 e. The molecule has 2 nitrogen and oxygen atoms in total. The summed E-state index contributed by atoms with van der Waals surface area (Å²) < 4.78 is 6.91. The number of carbonyl (C=O) groups is 1. The molecule has 3 heteroatoms. The monoisotopic (exact) mass is 310 g/mol. The summed E-state index contributed by atoms with van der Waals surface area (Å²) in [6.07, 6.45) is 5.19. The van der Waals surface area contributed by atoms with Gasteiger partial charge in [0.2, 0.25) is 0 Å². The molecular weight excluding hydrogens is 276 g/mol. The number of carbonyl (C=O) groups excluding carboxylic acids is 1. The van der Waals surface area contributed by atoms with Crippen LogP contribution < -0.4 is 0 Å². The molecule has 2 aliphatic carbocycles. The summed E-state index contributed by atoms with van der Waals surface area (Å²) in [5.41, 5.74) is -0.0927. The minimum absolute atomic E-state index is 0.0927. The van der Waals surface area contributed by atoms with Crippen LogP contribution in [-0.4, -0.2) is 19.7 Å². The van der Waals surface area contributed by atoms with Gasteiger partial charge >= 0.3 is 0 Å². The summed E-state index contributed by atoms with van der Waals surface area (Å²) in [7, 11) is -1.80. The van der Waals surface area contributed by atoms with E-state index in [2.05, 4.69) is 47.7 Å². The van der Waals surface area contributed by atoms with E-state index in [1.807, 2.05) is 0 Å². The number of hydrogen-bond acceptors (Lipinski definition) is 2. The number of rotatable bonds is 2. The molecule has 2 saturated carbocycles. The van der Waals surface area contributed by atoms with E-state index in [-0.39, 0.29) is 16.6 Å². The lowest BCUT2D eigenvalue weighted by molar-refractivity contribution is -0.126. The van der Waals surface area contributed by atoms with Crippen LogP contribution in [0.3, 0.4) is 0 Å².